The van der Waals surface area contributed by atoms with E-state index in [2.05, 4.69) is 25.6 Å². The summed E-state index contributed by atoms with van der Waals surface area (Å²) in [7, 11) is 1.40. The van der Waals surface area contributed by atoms with Gasteiger partial charge in [0.2, 0.25) is 11.8 Å². The molecule has 214 valence electrons. The van der Waals surface area contributed by atoms with Crippen LogP contribution in [0.15, 0.2) is 35.6 Å². The molecular formula is C28H42N6O5. The minimum atomic E-state index is -0.641. The minimum absolute atomic E-state index is 0.0511. The van der Waals surface area contributed by atoms with Crippen LogP contribution >= 0.6 is 0 Å². The normalized spacial score (nSPS) is 19.0. The molecule has 2 unspecified atom stereocenters. The Labute approximate surface area is 230 Å². The van der Waals surface area contributed by atoms with Crippen molar-refractivity contribution in [3.05, 3.63) is 41.7 Å². The molecule has 0 bridgehead atoms. The zero-order valence-electron chi connectivity index (χ0n) is 23.2. The maximum atomic E-state index is 13.8. The molecule has 39 heavy (non-hydrogen) atoms. The molecule has 0 saturated heterocycles. The van der Waals surface area contributed by atoms with Crippen molar-refractivity contribution >= 4 is 23.6 Å². The summed E-state index contributed by atoms with van der Waals surface area (Å²) in [5, 5.41) is 9.74. The average molecular weight is 543 g/mol. The highest BCUT2D eigenvalue weighted by Gasteiger charge is 2.35. The van der Waals surface area contributed by atoms with Gasteiger partial charge in [0.15, 0.2) is 5.84 Å². The average Bonchev–Trinajstić information content (AvgIpc) is 2.94. The zero-order valence-corrected chi connectivity index (χ0v) is 23.2. The molecule has 11 heteroatoms. The Morgan fingerprint density at radius 1 is 1.18 bits per heavy atom. The molecule has 1 fully saturated rings. The lowest BCUT2D eigenvalue weighted by Gasteiger charge is -2.36. The predicted octanol–water partition coefficient (Wildman–Crippen LogP) is 2.00. The third-order valence-electron chi connectivity index (χ3n) is 6.99. The van der Waals surface area contributed by atoms with Crippen LogP contribution < -0.4 is 16.4 Å². The number of rotatable bonds is 12. The first-order valence-corrected chi connectivity index (χ1v) is 13.8. The largest absolute Gasteiger partial charge is 0.462 e. The number of hydrogen-bond acceptors (Lipinski definition) is 8. The number of aromatic nitrogens is 1. The Morgan fingerprint density at radius 2 is 1.95 bits per heavy atom. The van der Waals surface area contributed by atoms with Crippen LogP contribution in [-0.2, 0) is 30.5 Å². The van der Waals surface area contributed by atoms with Gasteiger partial charge in [-0.1, -0.05) is 55.5 Å². The van der Waals surface area contributed by atoms with Gasteiger partial charge in [-0.25, -0.2) is 0 Å². The molecule has 0 radical (unpaired) electrons. The third-order valence-corrected chi connectivity index (χ3v) is 6.99. The highest BCUT2D eigenvalue weighted by molar-refractivity contribution is 5.95. The highest BCUT2D eigenvalue weighted by Crippen LogP contribution is 2.28. The van der Waals surface area contributed by atoms with Crippen LogP contribution in [0.3, 0.4) is 0 Å². The number of pyridine rings is 1. The van der Waals surface area contributed by atoms with E-state index in [0.29, 0.717) is 31.0 Å². The number of nitrogens with one attached hydrogen (secondary N) is 2. The fraction of sp³-hybridized carbons (Fsp3) is 0.607. The lowest BCUT2D eigenvalue weighted by molar-refractivity contribution is -0.147. The van der Waals surface area contributed by atoms with E-state index in [1.807, 2.05) is 12.2 Å². The van der Waals surface area contributed by atoms with Crippen molar-refractivity contribution in [2.24, 2.45) is 16.8 Å². The molecule has 2 atom stereocenters. The molecule has 1 aromatic heterocycles. The van der Waals surface area contributed by atoms with Crippen molar-refractivity contribution in [3.8, 4) is 0 Å². The quantitative estimate of drug-likeness (QED) is 0.119. The molecule has 0 spiro atoms. The van der Waals surface area contributed by atoms with Crippen LogP contribution in [0.25, 0.3) is 0 Å². The van der Waals surface area contributed by atoms with Crippen LogP contribution in [0.5, 0.6) is 0 Å². The summed E-state index contributed by atoms with van der Waals surface area (Å²) in [6.45, 7) is 4.12. The molecule has 0 aromatic carbocycles. The Hall–Kier alpha value is -3.47. The van der Waals surface area contributed by atoms with Crippen molar-refractivity contribution < 1.29 is 24.0 Å². The number of nitrogens with two attached hydrogens (primary N) is 1. The monoisotopic (exact) mass is 542 g/mol. The number of hydrogen-bond donors (Lipinski definition) is 3. The van der Waals surface area contributed by atoms with Gasteiger partial charge in [0, 0.05) is 19.3 Å². The second kappa shape index (κ2) is 15.2. The van der Waals surface area contributed by atoms with E-state index in [4.69, 9.17) is 10.5 Å². The van der Waals surface area contributed by atoms with E-state index in [9.17, 15) is 14.4 Å². The number of oxime groups is 1. The van der Waals surface area contributed by atoms with Gasteiger partial charge in [0.25, 0.3) is 0 Å². The second-order valence-electron chi connectivity index (χ2n) is 10.4. The Morgan fingerprint density at radius 3 is 2.62 bits per heavy atom. The molecule has 11 nitrogen and oxygen atoms in total. The molecule has 3 rings (SSSR count). The lowest BCUT2D eigenvalue weighted by Crippen LogP contribution is -2.56. The number of carbonyl (C=O) groups is 3. The highest BCUT2D eigenvalue weighted by atomic mass is 16.6. The molecular weight excluding hydrogens is 500 g/mol. The number of amidine groups is 1. The molecule has 1 saturated carbocycles. The number of ether oxygens (including phenoxy) is 1. The first-order chi connectivity index (χ1) is 18.8. The van der Waals surface area contributed by atoms with Crippen LogP contribution in [0.1, 0.15) is 70.1 Å². The Kier molecular flexibility index (Phi) is 11.7. The van der Waals surface area contributed by atoms with Crippen molar-refractivity contribution in [1.82, 2.24) is 20.5 Å². The molecule has 1 aliphatic heterocycles. The van der Waals surface area contributed by atoms with Crippen molar-refractivity contribution in [2.75, 3.05) is 20.2 Å². The molecule has 4 N–H and O–H groups in total. The van der Waals surface area contributed by atoms with Crippen molar-refractivity contribution in [2.45, 2.75) is 83.5 Å². The zero-order chi connectivity index (χ0) is 28.2. The van der Waals surface area contributed by atoms with Crippen LogP contribution in [0.4, 0.5) is 0 Å². The van der Waals surface area contributed by atoms with Gasteiger partial charge in [-0.3, -0.25) is 24.7 Å². The summed E-state index contributed by atoms with van der Waals surface area (Å²) in [5.74, 6) is -0.235. The maximum absolute atomic E-state index is 13.8. The molecule has 1 aromatic rings. The molecule has 2 heterocycles. The number of esters is 1. The number of carbonyl (C=O) groups excluding carboxylic acids is 3. The standard InChI is InChI=1S/C28H42N6O5/c1-19(2)39-25(35)18-31-23(15-20-9-5-4-6-10-20)28(37)34-14-8-7-11-24(34)27(36)32-17-21-12-13-22(30-16-21)26(29)33-38-3/h7-8,12-13,16,19-20,23-24,31H,4-6,9-11,14-15,17-18H2,1-3H3,(H2,29,33)(H,32,36). The first kappa shape index (κ1) is 30.1. The van der Waals surface area contributed by atoms with E-state index in [-0.39, 0.29) is 36.8 Å². The fourth-order valence-electron chi connectivity index (χ4n) is 5.03. The van der Waals surface area contributed by atoms with E-state index in [1.54, 1.807) is 37.1 Å². The first-order valence-electron chi connectivity index (χ1n) is 13.8. The third kappa shape index (κ3) is 9.35. The van der Waals surface area contributed by atoms with E-state index >= 15 is 0 Å². The Balaban J connectivity index is 1.65. The van der Waals surface area contributed by atoms with Gasteiger partial charge >= 0.3 is 5.97 Å². The summed E-state index contributed by atoms with van der Waals surface area (Å²) in [6.07, 6.45) is 11.9. The maximum Gasteiger partial charge on any atom is 0.320 e. The summed E-state index contributed by atoms with van der Waals surface area (Å²) >= 11 is 0. The lowest BCUT2D eigenvalue weighted by atomic mass is 9.84. The summed E-state index contributed by atoms with van der Waals surface area (Å²) in [4.78, 5) is 49.8. The van der Waals surface area contributed by atoms with E-state index in [0.717, 1.165) is 31.2 Å². The van der Waals surface area contributed by atoms with Gasteiger partial charge < -0.3 is 25.5 Å². The van der Waals surface area contributed by atoms with Crippen LogP contribution in [-0.4, -0.2) is 71.9 Å². The summed E-state index contributed by atoms with van der Waals surface area (Å²) in [5.41, 5.74) is 7.03. The van der Waals surface area contributed by atoms with Gasteiger partial charge in [-0.2, -0.15) is 0 Å². The predicted molar refractivity (Wildman–Crippen MR) is 147 cm³/mol. The summed E-state index contributed by atoms with van der Waals surface area (Å²) in [6, 6.07) is 2.29. The van der Waals surface area contributed by atoms with Gasteiger partial charge in [-0.15, -0.1) is 0 Å². The van der Waals surface area contributed by atoms with Gasteiger partial charge in [0.05, 0.1) is 18.7 Å². The van der Waals surface area contributed by atoms with Gasteiger partial charge in [-0.05, 0) is 44.2 Å². The van der Waals surface area contributed by atoms with Crippen molar-refractivity contribution in [3.63, 3.8) is 0 Å². The number of nitrogens with zero attached hydrogens (tertiary/aromatic N) is 3. The Bertz CT molecular complexity index is 1020. The molecule has 2 amide bonds. The molecule has 2 aliphatic rings. The van der Waals surface area contributed by atoms with Gasteiger partial charge in [0.1, 0.15) is 18.8 Å². The topological polar surface area (TPSA) is 148 Å². The second-order valence-corrected chi connectivity index (χ2v) is 10.4. The smallest absolute Gasteiger partial charge is 0.320 e. The SMILES string of the molecule is CO/N=C(/N)c1ccc(CNC(=O)C2CC=CCN2C(=O)C(CC2CCCCC2)NCC(=O)OC(C)C)cn1. The van der Waals surface area contributed by atoms with Crippen molar-refractivity contribution in [1.29, 1.82) is 0 Å². The number of amides is 2. The van der Waals surface area contributed by atoms with E-state index in [1.165, 1.54) is 13.5 Å². The van der Waals surface area contributed by atoms with E-state index < -0.39 is 18.1 Å². The fourth-order valence-corrected chi connectivity index (χ4v) is 5.03. The molecule has 1 aliphatic carbocycles. The van der Waals surface area contributed by atoms with Crippen LogP contribution in [0, 0.1) is 5.92 Å². The van der Waals surface area contributed by atoms with Crippen LogP contribution in [0.2, 0.25) is 0 Å². The minimum Gasteiger partial charge on any atom is -0.462 e. The summed E-state index contributed by atoms with van der Waals surface area (Å²) < 4.78 is 5.26.